The van der Waals surface area contributed by atoms with Crippen molar-refractivity contribution in [1.82, 2.24) is 10.7 Å². The van der Waals surface area contributed by atoms with Crippen molar-refractivity contribution >= 4 is 35.6 Å². The molecule has 0 aliphatic carbocycles. The molecule has 0 heterocycles. The van der Waals surface area contributed by atoms with Gasteiger partial charge in [-0.1, -0.05) is 25.4 Å². The summed E-state index contributed by atoms with van der Waals surface area (Å²) < 4.78 is 5.08. The second-order valence-electron chi connectivity index (χ2n) is 5.17. The molecule has 0 radical (unpaired) electrons. The van der Waals surface area contributed by atoms with Gasteiger partial charge < -0.3 is 15.2 Å². The van der Waals surface area contributed by atoms with Gasteiger partial charge in [0.25, 0.3) is 0 Å². The molecule has 0 aromatic heterocycles. The fraction of sp³-hybridized carbons (Fsp3) is 0.333. The van der Waals surface area contributed by atoms with Crippen LogP contribution in [0.5, 0.6) is 5.75 Å². The Morgan fingerprint density at radius 2 is 2.04 bits per heavy atom. The average Bonchev–Trinajstić information content (AvgIpc) is 2.51. The van der Waals surface area contributed by atoms with Crippen LogP contribution in [0.1, 0.15) is 19.4 Å². The van der Waals surface area contributed by atoms with Crippen LogP contribution in [0.15, 0.2) is 23.3 Å². The Kier molecular flexibility index (Phi) is 7.70. The molecule has 0 aliphatic rings. The Hall–Kier alpha value is -2.61. The summed E-state index contributed by atoms with van der Waals surface area (Å²) in [6, 6.07) is 4.48. The van der Waals surface area contributed by atoms with Gasteiger partial charge in [0.2, 0.25) is 0 Å². The maximum absolute atomic E-state index is 11.5. The zero-order valence-electron chi connectivity index (χ0n) is 13.2. The van der Waals surface area contributed by atoms with Crippen molar-refractivity contribution in [2.45, 2.75) is 13.8 Å². The van der Waals surface area contributed by atoms with Gasteiger partial charge in [0.15, 0.2) is 6.61 Å². The van der Waals surface area contributed by atoms with Crippen molar-refractivity contribution in [1.29, 1.82) is 0 Å². The topological polar surface area (TPSA) is 117 Å². The first-order chi connectivity index (χ1) is 11.3. The smallest absolute Gasteiger partial charge is 0.341 e. The molecule has 24 heavy (non-hydrogen) atoms. The number of hydrogen-bond donors (Lipinski definition) is 3. The van der Waals surface area contributed by atoms with Gasteiger partial charge in [-0.25, -0.2) is 10.2 Å². The molecular formula is C15H18ClN3O5. The number of benzene rings is 1. The summed E-state index contributed by atoms with van der Waals surface area (Å²) in [5.41, 5.74) is 2.42. The standard InChI is InChI=1S/C15H18ClN3O5/c1-9(2)6-17-14(22)15(23)19-18-7-10-5-11(16)3-4-12(10)24-8-13(20)21/h3-5,7,9H,6,8H2,1-2H3,(H,17,22)(H,19,23)(H,20,21)/b18-7-. The molecule has 8 nitrogen and oxygen atoms in total. The van der Waals surface area contributed by atoms with E-state index in [1.165, 1.54) is 24.4 Å². The number of aliphatic carboxylic acids is 1. The molecule has 0 unspecified atom stereocenters. The van der Waals surface area contributed by atoms with Crippen molar-refractivity contribution in [2.24, 2.45) is 11.0 Å². The van der Waals surface area contributed by atoms with Gasteiger partial charge in [0.1, 0.15) is 5.75 Å². The number of carboxylic acids is 1. The van der Waals surface area contributed by atoms with E-state index >= 15 is 0 Å². The van der Waals surface area contributed by atoms with Crippen LogP contribution >= 0.6 is 11.6 Å². The number of rotatable bonds is 7. The fourth-order valence-corrected chi connectivity index (χ4v) is 1.66. The summed E-state index contributed by atoms with van der Waals surface area (Å²) in [5.74, 6) is -2.41. The van der Waals surface area contributed by atoms with Gasteiger partial charge >= 0.3 is 17.8 Å². The van der Waals surface area contributed by atoms with E-state index < -0.39 is 24.4 Å². The number of nitrogens with one attached hydrogen (secondary N) is 2. The quantitative estimate of drug-likeness (QED) is 0.383. The lowest BCUT2D eigenvalue weighted by molar-refractivity contribution is -0.139. The Morgan fingerprint density at radius 1 is 1.33 bits per heavy atom. The van der Waals surface area contributed by atoms with Crippen LogP contribution in [0, 0.1) is 5.92 Å². The molecule has 0 spiro atoms. The molecule has 2 amide bonds. The highest BCUT2D eigenvalue weighted by molar-refractivity contribution is 6.35. The minimum absolute atomic E-state index is 0.214. The summed E-state index contributed by atoms with van der Waals surface area (Å²) >= 11 is 5.86. The third-order valence-electron chi connectivity index (χ3n) is 2.57. The van der Waals surface area contributed by atoms with Crippen molar-refractivity contribution in [2.75, 3.05) is 13.2 Å². The molecule has 0 saturated heterocycles. The third-order valence-corrected chi connectivity index (χ3v) is 2.80. The number of carbonyl (C=O) groups is 3. The average molecular weight is 356 g/mol. The summed E-state index contributed by atoms with van der Waals surface area (Å²) in [4.78, 5) is 33.6. The van der Waals surface area contributed by atoms with Gasteiger partial charge in [-0.2, -0.15) is 5.10 Å². The van der Waals surface area contributed by atoms with Gasteiger partial charge in [0.05, 0.1) is 6.21 Å². The highest BCUT2D eigenvalue weighted by Crippen LogP contribution is 2.21. The molecule has 0 atom stereocenters. The lowest BCUT2D eigenvalue weighted by Gasteiger charge is -2.07. The predicted molar refractivity (Wildman–Crippen MR) is 88.2 cm³/mol. The SMILES string of the molecule is CC(C)CNC(=O)C(=O)N/N=C\c1cc(Cl)ccc1OCC(=O)O. The van der Waals surface area contributed by atoms with Gasteiger partial charge in [-0.3, -0.25) is 9.59 Å². The van der Waals surface area contributed by atoms with E-state index in [4.69, 9.17) is 21.4 Å². The molecule has 1 aromatic carbocycles. The van der Waals surface area contributed by atoms with E-state index in [0.717, 1.165) is 0 Å². The third kappa shape index (κ3) is 7.10. The van der Waals surface area contributed by atoms with Crippen LogP contribution in [-0.4, -0.2) is 42.3 Å². The Morgan fingerprint density at radius 3 is 2.67 bits per heavy atom. The van der Waals surface area contributed by atoms with Crippen LogP contribution in [0.3, 0.4) is 0 Å². The van der Waals surface area contributed by atoms with Crippen LogP contribution in [0.25, 0.3) is 0 Å². The van der Waals surface area contributed by atoms with Crippen LogP contribution < -0.4 is 15.5 Å². The van der Waals surface area contributed by atoms with Crippen LogP contribution in [-0.2, 0) is 14.4 Å². The lowest BCUT2D eigenvalue weighted by atomic mass is 10.2. The summed E-state index contributed by atoms with van der Waals surface area (Å²) in [6.45, 7) is 3.63. The van der Waals surface area contributed by atoms with E-state index in [1.54, 1.807) is 0 Å². The summed E-state index contributed by atoms with van der Waals surface area (Å²) in [6.07, 6.45) is 1.21. The van der Waals surface area contributed by atoms with Crippen molar-refractivity contribution < 1.29 is 24.2 Å². The fourth-order valence-electron chi connectivity index (χ4n) is 1.48. The van der Waals surface area contributed by atoms with Crippen molar-refractivity contribution in [3.8, 4) is 5.75 Å². The molecule has 0 saturated carbocycles. The van der Waals surface area contributed by atoms with Gasteiger partial charge in [-0.15, -0.1) is 0 Å². The number of hydrogen-bond acceptors (Lipinski definition) is 5. The zero-order valence-corrected chi connectivity index (χ0v) is 14.0. The minimum Gasteiger partial charge on any atom is -0.481 e. The summed E-state index contributed by atoms with van der Waals surface area (Å²) in [7, 11) is 0. The zero-order chi connectivity index (χ0) is 18.1. The number of amides is 2. The molecule has 9 heteroatoms. The summed E-state index contributed by atoms with van der Waals surface area (Å²) in [5, 5.41) is 15.1. The predicted octanol–water partition coefficient (Wildman–Crippen LogP) is 1.03. The Balaban J connectivity index is 2.68. The first-order valence-electron chi connectivity index (χ1n) is 7.05. The first kappa shape index (κ1) is 19.4. The number of halogens is 1. The molecule has 1 aromatic rings. The number of ether oxygens (including phenoxy) is 1. The maximum atomic E-state index is 11.5. The van der Waals surface area contributed by atoms with Crippen molar-refractivity contribution in [3.63, 3.8) is 0 Å². The van der Waals surface area contributed by atoms with E-state index in [2.05, 4.69) is 15.8 Å². The molecular weight excluding hydrogens is 338 g/mol. The van der Waals surface area contributed by atoms with E-state index in [0.29, 0.717) is 17.1 Å². The lowest BCUT2D eigenvalue weighted by Crippen LogP contribution is -2.39. The minimum atomic E-state index is -1.14. The van der Waals surface area contributed by atoms with E-state index in [1.807, 2.05) is 13.8 Å². The van der Waals surface area contributed by atoms with Gasteiger partial charge in [0, 0.05) is 17.1 Å². The highest BCUT2D eigenvalue weighted by atomic mass is 35.5. The largest absolute Gasteiger partial charge is 0.481 e. The number of carbonyl (C=O) groups excluding carboxylic acids is 2. The van der Waals surface area contributed by atoms with E-state index in [-0.39, 0.29) is 11.7 Å². The van der Waals surface area contributed by atoms with Gasteiger partial charge in [-0.05, 0) is 24.1 Å². The number of nitrogens with zero attached hydrogens (tertiary/aromatic N) is 1. The molecule has 0 fully saturated rings. The molecule has 0 aliphatic heterocycles. The second-order valence-corrected chi connectivity index (χ2v) is 5.60. The van der Waals surface area contributed by atoms with Crippen molar-refractivity contribution in [3.05, 3.63) is 28.8 Å². The van der Waals surface area contributed by atoms with Crippen LogP contribution in [0.2, 0.25) is 5.02 Å². The maximum Gasteiger partial charge on any atom is 0.341 e. The highest BCUT2D eigenvalue weighted by Gasteiger charge is 2.12. The molecule has 0 bridgehead atoms. The molecule has 130 valence electrons. The molecule has 3 N–H and O–H groups in total. The monoisotopic (exact) mass is 355 g/mol. The second kappa shape index (κ2) is 9.51. The van der Waals surface area contributed by atoms with E-state index in [9.17, 15) is 14.4 Å². The normalized spacial score (nSPS) is 10.7. The Labute approximate surface area is 143 Å². The van der Waals surface area contributed by atoms with Crippen LogP contribution in [0.4, 0.5) is 0 Å². The first-order valence-corrected chi connectivity index (χ1v) is 7.42. The number of hydrazone groups is 1. The Bertz CT molecular complexity index is 646. The number of carboxylic acid groups (broad SMARTS) is 1. The molecule has 1 rings (SSSR count).